The number of carbonyl (C=O) groups is 1. The molecule has 1 heterocycles. The average Bonchev–Trinajstić information content (AvgIpc) is 2.60. The van der Waals surface area contributed by atoms with E-state index in [4.69, 9.17) is 5.73 Å². The number of nitrogens with two attached hydrogens (primary N) is 1. The van der Waals surface area contributed by atoms with Gasteiger partial charge in [-0.25, -0.2) is 0 Å². The van der Waals surface area contributed by atoms with Crippen LogP contribution in [0.25, 0.3) is 0 Å². The first-order valence-electron chi connectivity index (χ1n) is 7.16. The number of rotatable bonds is 4. The molecule has 0 aromatic heterocycles. The number of benzene rings is 1. The lowest BCUT2D eigenvalue weighted by atomic mass is 9.83. The van der Waals surface area contributed by atoms with Gasteiger partial charge in [0.15, 0.2) is 0 Å². The molecule has 1 amide bonds. The highest BCUT2D eigenvalue weighted by molar-refractivity contribution is 6.06. The zero-order valence-electron chi connectivity index (χ0n) is 12.3. The second kappa shape index (κ2) is 4.97. The van der Waals surface area contributed by atoms with Crippen LogP contribution in [0, 0.1) is 0 Å². The van der Waals surface area contributed by atoms with Crippen molar-refractivity contribution in [3.63, 3.8) is 0 Å². The number of hydrogen-bond donors (Lipinski definition) is 2. The van der Waals surface area contributed by atoms with Crippen molar-refractivity contribution in [2.24, 2.45) is 5.73 Å². The van der Waals surface area contributed by atoms with Gasteiger partial charge in [-0.1, -0.05) is 32.4 Å². The fourth-order valence-electron chi connectivity index (χ4n) is 2.71. The van der Waals surface area contributed by atoms with Crippen molar-refractivity contribution in [1.29, 1.82) is 0 Å². The zero-order chi connectivity index (χ0) is 14.2. The van der Waals surface area contributed by atoms with Gasteiger partial charge in [-0.15, -0.1) is 0 Å². The first-order chi connectivity index (χ1) is 8.91. The quantitative estimate of drug-likeness (QED) is 0.873. The third kappa shape index (κ3) is 2.27. The van der Waals surface area contributed by atoms with E-state index in [1.165, 1.54) is 5.56 Å². The molecule has 0 spiro atoms. The predicted octanol–water partition coefficient (Wildman–Crippen LogP) is 3.28. The number of carbonyl (C=O) groups excluding carboxylic acids is 1. The molecule has 1 aliphatic heterocycles. The normalized spacial score (nSPS) is 18.1. The summed E-state index contributed by atoms with van der Waals surface area (Å²) in [6, 6.07) is 4.30. The lowest BCUT2D eigenvalue weighted by molar-refractivity contribution is -0.119. The number of hydrogen-bond acceptors (Lipinski definition) is 2. The van der Waals surface area contributed by atoms with Gasteiger partial charge in [0.1, 0.15) is 0 Å². The monoisotopic (exact) mass is 260 g/mol. The van der Waals surface area contributed by atoms with Crippen molar-refractivity contribution >= 4 is 11.6 Å². The maximum atomic E-state index is 12.1. The molecule has 1 atom stereocenters. The van der Waals surface area contributed by atoms with Gasteiger partial charge >= 0.3 is 0 Å². The summed E-state index contributed by atoms with van der Waals surface area (Å²) < 4.78 is 0. The van der Waals surface area contributed by atoms with Crippen LogP contribution in [0.4, 0.5) is 5.69 Å². The van der Waals surface area contributed by atoms with Gasteiger partial charge in [0.2, 0.25) is 5.91 Å². The van der Waals surface area contributed by atoms with E-state index in [2.05, 4.69) is 31.3 Å². The number of fused-ring (bicyclic) bond motifs is 1. The standard InChI is InChI=1S/C16H24N2O/c1-5-7-13(17)11-8-10(6-2)9-12-14(11)18-15(19)16(12,3)4/h8-9,13H,5-7,17H2,1-4H3,(H,18,19). The van der Waals surface area contributed by atoms with E-state index in [-0.39, 0.29) is 11.9 Å². The molecular formula is C16H24N2O. The lowest BCUT2D eigenvalue weighted by Crippen LogP contribution is -2.26. The van der Waals surface area contributed by atoms with Crippen LogP contribution in [0.1, 0.15) is 63.3 Å². The van der Waals surface area contributed by atoms with Gasteiger partial charge < -0.3 is 11.1 Å². The zero-order valence-corrected chi connectivity index (χ0v) is 12.3. The predicted molar refractivity (Wildman–Crippen MR) is 79.3 cm³/mol. The Hall–Kier alpha value is -1.35. The molecule has 0 aliphatic carbocycles. The molecule has 3 heteroatoms. The molecule has 1 aromatic rings. The van der Waals surface area contributed by atoms with Crippen LogP contribution in [0.2, 0.25) is 0 Å². The molecule has 0 bridgehead atoms. The maximum absolute atomic E-state index is 12.1. The van der Waals surface area contributed by atoms with E-state index in [1.807, 2.05) is 13.8 Å². The van der Waals surface area contributed by atoms with Crippen LogP contribution >= 0.6 is 0 Å². The molecule has 0 saturated carbocycles. The smallest absolute Gasteiger partial charge is 0.234 e. The van der Waals surface area contributed by atoms with Crippen molar-refractivity contribution in [3.05, 3.63) is 28.8 Å². The fraction of sp³-hybridized carbons (Fsp3) is 0.562. The number of amides is 1. The molecule has 0 fully saturated rings. The average molecular weight is 260 g/mol. The van der Waals surface area contributed by atoms with E-state index < -0.39 is 5.41 Å². The fourth-order valence-corrected chi connectivity index (χ4v) is 2.71. The molecule has 1 unspecified atom stereocenters. The Kier molecular flexibility index (Phi) is 3.68. The number of nitrogens with one attached hydrogen (secondary N) is 1. The lowest BCUT2D eigenvalue weighted by Gasteiger charge is -2.19. The van der Waals surface area contributed by atoms with Crippen LogP contribution in [0.3, 0.4) is 0 Å². The molecule has 1 aromatic carbocycles. The third-order valence-electron chi connectivity index (χ3n) is 4.12. The van der Waals surface area contributed by atoms with Gasteiger partial charge in [-0.3, -0.25) is 4.79 Å². The molecular weight excluding hydrogens is 236 g/mol. The second-order valence-electron chi connectivity index (χ2n) is 5.94. The molecule has 3 N–H and O–H groups in total. The molecule has 0 saturated heterocycles. The highest BCUT2D eigenvalue weighted by atomic mass is 16.2. The summed E-state index contributed by atoms with van der Waals surface area (Å²) in [6.07, 6.45) is 2.95. The molecule has 0 radical (unpaired) electrons. The first-order valence-corrected chi connectivity index (χ1v) is 7.16. The largest absolute Gasteiger partial charge is 0.325 e. The second-order valence-corrected chi connectivity index (χ2v) is 5.94. The summed E-state index contributed by atoms with van der Waals surface area (Å²) in [5, 5.41) is 3.03. The first kappa shape index (κ1) is 14.1. The van der Waals surface area contributed by atoms with Crippen molar-refractivity contribution < 1.29 is 4.79 Å². The molecule has 19 heavy (non-hydrogen) atoms. The minimum absolute atomic E-state index is 0.000509. The summed E-state index contributed by atoms with van der Waals surface area (Å²) in [5.41, 5.74) is 10.2. The highest BCUT2D eigenvalue weighted by Crippen LogP contribution is 2.42. The van der Waals surface area contributed by atoms with Crippen LogP contribution in [0.5, 0.6) is 0 Å². The third-order valence-corrected chi connectivity index (χ3v) is 4.12. The highest BCUT2D eigenvalue weighted by Gasteiger charge is 2.40. The van der Waals surface area contributed by atoms with Gasteiger partial charge in [0.05, 0.1) is 5.41 Å². The maximum Gasteiger partial charge on any atom is 0.234 e. The Labute approximate surface area is 115 Å². The Morgan fingerprint density at radius 3 is 2.58 bits per heavy atom. The van der Waals surface area contributed by atoms with Crippen LogP contribution in [-0.4, -0.2) is 5.91 Å². The summed E-state index contributed by atoms with van der Waals surface area (Å²) in [4.78, 5) is 12.1. The van der Waals surface area contributed by atoms with Gasteiger partial charge in [-0.2, -0.15) is 0 Å². The topological polar surface area (TPSA) is 55.1 Å². The van der Waals surface area contributed by atoms with Gasteiger partial charge in [-0.05, 0) is 43.4 Å². The molecule has 2 rings (SSSR count). The Balaban J connectivity index is 2.57. The van der Waals surface area contributed by atoms with Gasteiger partial charge in [0.25, 0.3) is 0 Å². The van der Waals surface area contributed by atoms with Crippen LogP contribution in [-0.2, 0) is 16.6 Å². The Morgan fingerprint density at radius 2 is 2.00 bits per heavy atom. The summed E-state index contributed by atoms with van der Waals surface area (Å²) in [6.45, 7) is 8.21. The van der Waals surface area contributed by atoms with E-state index in [0.29, 0.717) is 0 Å². The van der Waals surface area contributed by atoms with Crippen molar-refractivity contribution in [2.75, 3.05) is 5.32 Å². The SMILES string of the molecule is CCCC(N)c1cc(CC)cc2c1NC(=O)C2(C)C. The van der Waals surface area contributed by atoms with Crippen molar-refractivity contribution in [2.45, 2.75) is 58.4 Å². The Morgan fingerprint density at radius 1 is 1.32 bits per heavy atom. The summed E-state index contributed by atoms with van der Waals surface area (Å²) >= 11 is 0. The minimum Gasteiger partial charge on any atom is -0.325 e. The molecule has 1 aliphatic rings. The summed E-state index contributed by atoms with van der Waals surface area (Å²) in [5.74, 6) is 0.0701. The van der Waals surface area contributed by atoms with Crippen LogP contribution in [0.15, 0.2) is 12.1 Å². The number of anilines is 1. The molecule has 3 nitrogen and oxygen atoms in total. The molecule has 104 valence electrons. The summed E-state index contributed by atoms with van der Waals surface area (Å²) in [7, 11) is 0. The Bertz CT molecular complexity index is 506. The van der Waals surface area contributed by atoms with E-state index in [0.717, 1.165) is 36.1 Å². The van der Waals surface area contributed by atoms with E-state index in [1.54, 1.807) is 0 Å². The van der Waals surface area contributed by atoms with E-state index >= 15 is 0 Å². The van der Waals surface area contributed by atoms with Gasteiger partial charge in [0, 0.05) is 11.7 Å². The van der Waals surface area contributed by atoms with E-state index in [9.17, 15) is 4.79 Å². The van der Waals surface area contributed by atoms with Crippen molar-refractivity contribution in [1.82, 2.24) is 0 Å². The van der Waals surface area contributed by atoms with Crippen molar-refractivity contribution in [3.8, 4) is 0 Å². The number of aryl methyl sites for hydroxylation is 1. The minimum atomic E-state index is -0.457. The van der Waals surface area contributed by atoms with Crippen LogP contribution < -0.4 is 11.1 Å².